The van der Waals surface area contributed by atoms with Gasteiger partial charge in [0, 0.05) is 5.75 Å². The molecule has 5 nitrogen and oxygen atoms in total. The molecular formula is C11H14ClNO4S. The largest absolute Gasteiger partial charge is 0.493 e. The van der Waals surface area contributed by atoms with Crippen molar-refractivity contribution in [1.29, 1.82) is 0 Å². The molecule has 0 aliphatic carbocycles. The first-order chi connectivity index (χ1) is 8.39. The molecule has 18 heavy (non-hydrogen) atoms. The summed E-state index contributed by atoms with van der Waals surface area (Å²) in [5.74, 6) is -0.939. The summed E-state index contributed by atoms with van der Waals surface area (Å²) >= 11 is 5.88. The summed E-state index contributed by atoms with van der Waals surface area (Å²) in [5.41, 5.74) is 0.348. The van der Waals surface area contributed by atoms with Crippen molar-refractivity contribution in [2.75, 3.05) is 23.9 Å². The topological polar surface area (TPSA) is 72.5 Å². The Bertz CT molecular complexity index is 542. The highest BCUT2D eigenvalue weighted by Crippen LogP contribution is 2.32. The lowest BCUT2D eigenvalue weighted by molar-refractivity contribution is -0.113. The standard InChI is InChI=1S/C11H14ClNO4S/c1-3-18(15,16)7-10(14)13-9-6-4-5-8(12)11(9)17-2/h4-6H,3,7H2,1-2H3,(H,13,14). The van der Waals surface area contributed by atoms with Crippen molar-refractivity contribution in [1.82, 2.24) is 0 Å². The van der Waals surface area contributed by atoms with Crippen LogP contribution in [0.1, 0.15) is 6.92 Å². The summed E-state index contributed by atoms with van der Waals surface area (Å²) < 4.78 is 27.6. The average Bonchev–Trinajstić information content (AvgIpc) is 2.28. The minimum Gasteiger partial charge on any atom is -0.493 e. The first-order valence-corrected chi connectivity index (χ1v) is 7.42. The summed E-state index contributed by atoms with van der Waals surface area (Å²) in [6.07, 6.45) is 0. The Kier molecular flexibility index (Phi) is 4.98. The van der Waals surface area contributed by atoms with E-state index < -0.39 is 21.5 Å². The van der Waals surface area contributed by atoms with Gasteiger partial charge in [-0.15, -0.1) is 0 Å². The molecule has 1 amide bonds. The van der Waals surface area contributed by atoms with Crippen molar-refractivity contribution in [3.8, 4) is 5.75 Å². The maximum Gasteiger partial charge on any atom is 0.239 e. The zero-order chi connectivity index (χ0) is 13.8. The van der Waals surface area contributed by atoms with Crippen LogP contribution in [-0.4, -0.2) is 32.9 Å². The van der Waals surface area contributed by atoms with Crippen LogP contribution in [-0.2, 0) is 14.6 Å². The van der Waals surface area contributed by atoms with E-state index in [9.17, 15) is 13.2 Å². The van der Waals surface area contributed by atoms with E-state index in [1.807, 2.05) is 0 Å². The monoisotopic (exact) mass is 291 g/mol. The van der Waals surface area contributed by atoms with E-state index in [1.165, 1.54) is 14.0 Å². The predicted octanol–water partition coefficient (Wildman–Crippen LogP) is 1.72. The molecule has 0 heterocycles. The van der Waals surface area contributed by atoms with Crippen LogP contribution in [0.2, 0.25) is 5.02 Å². The van der Waals surface area contributed by atoms with Gasteiger partial charge in [0.25, 0.3) is 0 Å². The third kappa shape index (κ3) is 3.89. The van der Waals surface area contributed by atoms with Gasteiger partial charge < -0.3 is 10.1 Å². The molecule has 0 bridgehead atoms. The van der Waals surface area contributed by atoms with Gasteiger partial charge in [0.1, 0.15) is 5.75 Å². The van der Waals surface area contributed by atoms with Crippen LogP contribution >= 0.6 is 11.6 Å². The Morgan fingerprint density at radius 1 is 1.44 bits per heavy atom. The molecule has 0 spiro atoms. The molecule has 1 rings (SSSR count). The lowest BCUT2D eigenvalue weighted by atomic mass is 10.3. The smallest absolute Gasteiger partial charge is 0.239 e. The maximum absolute atomic E-state index is 11.6. The molecule has 0 aliphatic rings. The van der Waals surface area contributed by atoms with Gasteiger partial charge in [-0.1, -0.05) is 24.6 Å². The molecule has 100 valence electrons. The van der Waals surface area contributed by atoms with E-state index in [4.69, 9.17) is 16.3 Å². The van der Waals surface area contributed by atoms with E-state index >= 15 is 0 Å². The molecule has 1 N–H and O–H groups in total. The van der Waals surface area contributed by atoms with Gasteiger partial charge in [-0.05, 0) is 12.1 Å². The van der Waals surface area contributed by atoms with Gasteiger partial charge in [-0.3, -0.25) is 4.79 Å². The summed E-state index contributed by atoms with van der Waals surface area (Å²) in [5, 5.41) is 2.81. The molecule has 1 aromatic rings. The number of halogens is 1. The highest BCUT2D eigenvalue weighted by Gasteiger charge is 2.16. The second-order valence-electron chi connectivity index (χ2n) is 3.55. The molecule has 0 fully saturated rings. The number of rotatable bonds is 5. The van der Waals surface area contributed by atoms with E-state index in [-0.39, 0.29) is 5.75 Å². The van der Waals surface area contributed by atoms with Gasteiger partial charge in [0.15, 0.2) is 15.6 Å². The Morgan fingerprint density at radius 3 is 2.67 bits per heavy atom. The summed E-state index contributed by atoms with van der Waals surface area (Å²) in [6.45, 7) is 1.49. The van der Waals surface area contributed by atoms with E-state index in [0.717, 1.165) is 0 Å². The number of carbonyl (C=O) groups is 1. The van der Waals surface area contributed by atoms with Crippen molar-refractivity contribution in [2.45, 2.75) is 6.92 Å². The van der Waals surface area contributed by atoms with Crippen molar-refractivity contribution >= 4 is 33.0 Å². The van der Waals surface area contributed by atoms with Crippen molar-refractivity contribution in [3.05, 3.63) is 23.2 Å². The van der Waals surface area contributed by atoms with Crippen LogP contribution in [0.4, 0.5) is 5.69 Å². The van der Waals surface area contributed by atoms with Gasteiger partial charge >= 0.3 is 0 Å². The zero-order valence-corrected chi connectivity index (χ0v) is 11.6. The normalized spacial score (nSPS) is 11.1. The van der Waals surface area contributed by atoms with Gasteiger partial charge in [0.05, 0.1) is 17.8 Å². The van der Waals surface area contributed by atoms with Crippen LogP contribution in [0.15, 0.2) is 18.2 Å². The second-order valence-corrected chi connectivity index (χ2v) is 6.31. The van der Waals surface area contributed by atoms with Gasteiger partial charge in [-0.25, -0.2) is 8.42 Å². The third-order valence-electron chi connectivity index (χ3n) is 2.24. The number of para-hydroxylation sites is 1. The average molecular weight is 292 g/mol. The van der Waals surface area contributed by atoms with E-state index in [0.29, 0.717) is 16.5 Å². The van der Waals surface area contributed by atoms with Crippen LogP contribution in [0.25, 0.3) is 0 Å². The van der Waals surface area contributed by atoms with Gasteiger partial charge in [-0.2, -0.15) is 0 Å². The number of methoxy groups -OCH3 is 1. The summed E-state index contributed by atoms with van der Waals surface area (Å²) in [4.78, 5) is 11.6. The SMILES string of the molecule is CCS(=O)(=O)CC(=O)Nc1cccc(Cl)c1OC. The van der Waals surface area contributed by atoms with Crippen LogP contribution in [0.5, 0.6) is 5.75 Å². The first kappa shape index (κ1) is 14.8. The van der Waals surface area contributed by atoms with Crippen molar-refractivity contribution in [3.63, 3.8) is 0 Å². The van der Waals surface area contributed by atoms with Crippen LogP contribution in [0, 0.1) is 0 Å². The summed E-state index contributed by atoms with van der Waals surface area (Å²) in [7, 11) is -1.94. The molecular weight excluding hydrogens is 278 g/mol. The van der Waals surface area contributed by atoms with Crippen LogP contribution in [0.3, 0.4) is 0 Å². The fourth-order valence-electron chi connectivity index (χ4n) is 1.30. The van der Waals surface area contributed by atoms with Crippen LogP contribution < -0.4 is 10.1 Å². The fourth-order valence-corrected chi connectivity index (χ4v) is 2.23. The number of anilines is 1. The minimum atomic E-state index is -3.35. The Labute approximate surface area is 111 Å². The number of ether oxygens (including phenoxy) is 1. The van der Waals surface area contributed by atoms with E-state index in [1.54, 1.807) is 18.2 Å². The molecule has 0 unspecified atom stereocenters. The highest BCUT2D eigenvalue weighted by molar-refractivity contribution is 7.92. The summed E-state index contributed by atoms with van der Waals surface area (Å²) in [6, 6.07) is 4.83. The number of benzene rings is 1. The Balaban J connectivity index is 2.86. The highest BCUT2D eigenvalue weighted by atomic mass is 35.5. The van der Waals surface area contributed by atoms with Gasteiger partial charge in [0.2, 0.25) is 5.91 Å². The Morgan fingerprint density at radius 2 is 2.11 bits per heavy atom. The first-order valence-electron chi connectivity index (χ1n) is 5.22. The van der Waals surface area contributed by atoms with Crippen molar-refractivity contribution in [2.24, 2.45) is 0 Å². The number of sulfone groups is 1. The lowest BCUT2D eigenvalue weighted by Gasteiger charge is -2.11. The third-order valence-corrected chi connectivity index (χ3v) is 4.12. The number of hydrogen-bond acceptors (Lipinski definition) is 4. The molecule has 0 aromatic heterocycles. The molecule has 0 saturated carbocycles. The molecule has 0 atom stereocenters. The maximum atomic E-state index is 11.6. The molecule has 0 saturated heterocycles. The predicted molar refractivity (Wildman–Crippen MR) is 71.0 cm³/mol. The molecule has 1 aromatic carbocycles. The minimum absolute atomic E-state index is 0.0763. The number of carbonyl (C=O) groups excluding carboxylic acids is 1. The number of hydrogen-bond donors (Lipinski definition) is 1. The quantitative estimate of drug-likeness (QED) is 0.896. The fraction of sp³-hybridized carbons (Fsp3) is 0.364. The molecule has 0 aliphatic heterocycles. The second kappa shape index (κ2) is 6.06. The zero-order valence-electron chi connectivity index (χ0n) is 10.1. The number of amides is 1. The number of nitrogens with one attached hydrogen (secondary N) is 1. The molecule has 0 radical (unpaired) electrons. The van der Waals surface area contributed by atoms with Crippen molar-refractivity contribution < 1.29 is 17.9 Å². The lowest BCUT2D eigenvalue weighted by Crippen LogP contribution is -2.24. The Hall–Kier alpha value is -1.27. The molecule has 7 heteroatoms. The van der Waals surface area contributed by atoms with E-state index in [2.05, 4.69) is 5.32 Å².